The van der Waals surface area contributed by atoms with Gasteiger partial charge in [-0.25, -0.2) is 0 Å². The van der Waals surface area contributed by atoms with Crippen molar-refractivity contribution in [2.75, 3.05) is 52.4 Å². The highest BCUT2D eigenvalue weighted by atomic mass is 16.4. The largest absolute Gasteiger partial charge is 0.480 e. The van der Waals surface area contributed by atoms with Gasteiger partial charge in [-0.15, -0.1) is 0 Å². The number of nitrogens with two attached hydrogens (primary N) is 9. The van der Waals surface area contributed by atoms with Gasteiger partial charge < -0.3 is 93.9 Å². The van der Waals surface area contributed by atoms with Gasteiger partial charge in [-0.2, -0.15) is 0 Å². The minimum Gasteiger partial charge on any atom is -0.480 e. The first-order chi connectivity index (χ1) is 34.8. The second kappa shape index (κ2) is 43.8. The number of aliphatic carboxylic acids is 1. The lowest BCUT2D eigenvalue weighted by Crippen LogP contribution is -2.42. The zero-order chi connectivity index (χ0) is 54.8. The molecule has 0 aromatic heterocycles. The quantitative estimate of drug-likeness (QED) is 0.0267. The molecule has 0 radical (unpaired) electrons. The van der Waals surface area contributed by atoms with E-state index in [1.165, 1.54) is 0 Å². The Morgan fingerprint density at radius 3 is 0.562 bits per heavy atom. The minimum absolute atomic E-state index is 0.187. The summed E-state index contributed by atoms with van der Waals surface area (Å²) in [6, 6.07) is -5.56. The summed E-state index contributed by atoms with van der Waals surface area (Å²) in [6.07, 6.45) is 14.1. The summed E-state index contributed by atoms with van der Waals surface area (Å²) in [4.78, 5) is 97.0. The van der Waals surface area contributed by atoms with Crippen LogP contribution >= 0.6 is 0 Å². The number of carbonyl (C=O) groups is 8. The van der Waals surface area contributed by atoms with Gasteiger partial charge in [0.15, 0.2) is 0 Å². The summed E-state index contributed by atoms with van der Waals surface area (Å²) in [5.74, 6) is -2.85. The fourth-order valence-electron chi connectivity index (χ4n) is 7.37. The van der Waals surface area contributed by atoms with Crippen molar-refractivity contribution in [1.29, 1.82) is 0 Å². The van der Waals surface area contributed by atoms with E-state index in [2.05, 4.69) is 37.2 Å². The van der Waals surface area contributed by atoms with Gasteiger partial charge in [-0.05, 0) is 154 Å². The summed E-state index contributed by atoms with van der Waals surface area (Å²) in [5, 5.41) is 28.4. The molecule has 73 heavy (non-hydrogen) atoms. The number of unbranched alkanes of at least 4 members (excludes halogenated alkanes) is 8. The maximum absolute atomic E-state index is 12.5. The van der Waals surface area contributed by atoms with Crippen LogP contribution in [0.1, 0.15) is 154 Å². The zero-order valence-corrected chi connectivity index (χ0v) is 43.7. The van der Waals surface area contributed by atoms with Crippen molar-refractivity contribution < 1.29 is 43.5 Å². The molecule has 0 rings (SSSR count). The van der Waals surface area contributed by atoms with Gasteiger partial charge in [0.2, 0.25) is 41.4 Å². The van der Waals surface area contributed by atoms with Crippen molar-refractivity contribution in [3.63, 3.8) is 0 Å². The normalized spacial score (nSPS) is 14.5. The molecule has 0 aromatic carbocycles. The molecule has 0 aliphatic heterocycles. The lowest BCUT2D eigenvalue weighted by Gasteiger charge is -2.15. The Morgan fingerprint density at radius 1 is 0.260 bits per heavy atom. The van der Waals surface area contributed by atoms with E-state index < -0.39 is 54.3 Å². The number of hydrogen-bond donors (Lipinski definition) is 17. The predicted octanol–water partition coefficient (Wildman–Crippen LogP) is -3.18. The highest BCUT2D eigenvalue weighted by Gasteiger charge is 2.19. The van der Waals surface area contributed by atoms with Crippen LogP contribution < -0.4 is 88.8 Å². The van der Waals surface area contributed by atoms with Crippen LogP contribution in [0.5, 0.6) is 0 Å². The molecule has 0 saturated heterocycles. The molecule has 7 amide bonds. The van der Waals surface area contributed by atoms with Gasteiger partial charge in [-0.3, -0.25) is 38.4 Å². The number of carboxylic acid groups (broad SMARTS) is 1. The maximum atomic E-state index is 12.5. The van der Waals surface area contributed by atoms with Crippen LogP contribution in [0.15, 0.2) is 0 Å². The third-order valence-electron chi connectivity index (χ3n) is 12.3. The van der Waals surface area contributed by atoms with Crippen LogP contribution in [0, 0.1) is 0 Å². The van der Waals surface area contributed by atoms with E-state index in [1.807, 2.05) is 0 Å². The molecule has 25 heteroatoms. The molecule has 0 heterocycles. The fourth-order valence-corrected chi connectivity index (χ4v) is 7.37. The summed E-state index contributed by atoms with van der Waals surface area (Å²) < 4.78 is 0. The lowest BCUT2D eigenvalue weighted by atomic mass is 10.1. The van der Waals surface area contributed by atoms with Crippen LogP contribution in [0.2, 0.25) is 0 Å². The molecule has 0 spiro atoms. The van der Waals surface area contributed by atoms with E-state index in [4.69, 9.17) is 56.7 Å². The first-order valence-corrected chi connectivity index (χ1v) is 26.7. The Kier molecular flexibility index (Phi) is 41.0. The maximum Gasteiger partial charge on any atom is 0.320 e. The molecule has 8 atom stereocenters. The van der Waals surface area contributed by atoms with Crippen LogP contribution in [0.3, 0.4) is 0 Å². The van der Waals surface area contributed by atoms with E-state index in [-0.39, 0.29) is 41.4 Å². The van der Waals surface area contributed by atoms with E-state index in [9.17, 15) is 38.4 Å². The molecular weight excluding hydrogens is 945 g/mol. The Balaban J connectivity index is 3.90. The van der Waals surface area contributed by atoms with Crippen molar-refractivity contribution in [1.82, 2.24) is 37.2 Å². The highest BCUT2D eigenvalue weighted by Crippen LogP contribution is 2.06. The topological polar surface area (TPSA) is 475 Å². The predicted molar refractivity (Wildman–Crippen MR) is 282 cm³/mol. The number of amides is 7. The molecule has 0 aromatic rings. The Hall–Kier alpha value is -4.60. The third kappa shape index (κ3) is 36.9. The standard InChI is InChI=1S/C48H98N16O9/c49-25-9-1-17-33(50)41(65)58-26-10-2-18-34(51)42(66)59-27-11-3-19-35(52)43(67)60-28-12-4-20-36(53)44(68)61-29-13-5-21-37(54)45(69)62-30-14-6-22-38(55)46(70)63-31-15-7-23-39(56)47(71)64-32-16-8-24-40(57)48(72)73/h33-40H,1-32,49-57H2,(H,58,65)(H,59,66)(H,60,67)(H,61,68)(H,62,69)(H,63,70)(H,64,71)(H,72,73)/t33-,34-,35-,36-,37-,38-,39-,40-/m0/s1. The van der Waals surface area contributed by atoms with Gasteiger partial charge in [0.05, 0.1) is 42.3 Å². The third-order valence-corrected chi connectivity index (χ3v) is 12.3. The van der Waals surface area contributed by atoms with Gasteiger partial charge in [0.25, 0.3) is 0 Å². The molecular formula is C48H98N16O9. The average molecular weight is 1040 g/mol. The summed E-state index contributed by atoms with van der Waals surface area (Å²) in [7, 11) is 0. The average Bonchev–Trinajstić information content (AvgIpc) is 3.36. The highest BCUT2D eigenvalue weighted by molar-refractivity contribution is 5.84. The first kappa shape index (κ1) is 68.4. The zero-order valence-electron chi connectivity index (χ0n) is 43.7. The second-order valence-corrected chi connectivity index (χ2v) is 19.0. The number of nitrogens with one attached hydrogen (secondary N) is 7. The first-order valence-electron chi connectivity index (χ1n) is 26.7. The Labute approximate surface area is 433 Å². The molecule has 0 saturated carbocycles. The minimum atomic E-state index is -1.05. The van der Waals surface area contributed by atoms with Crippen LogP contribution in [0.25, 0.3) is 0 Å². The molecule has 424 valence electrons. The van der Waals surface area contributed by atoms with E-state index in [1.54, 1.807) is 0 Å². The van der Waals surface area contributed by atoms with Crippen LogP contribution in [-0.4, -0.2) is 153 Å². The van der Waals surface area contributed by atoms with Crippen molar-refractivity contribution in [2.45, 2.75) is 202 Å². The van der Waals surface area contributed by atoms with Gasteiger partial charge in [0, 0.05) is 45.8 Å². The molecule has 26 N–H and O–H groups in total. The van der Waals surface area contributed by atoms with Crippen molar-refractivity contribution in [3.8, 4) is 0 Å². The number of carboxylic acids is 1. The fraction of sp³-hybridized carbons (Fsp3) is 0.833. The van der Waals surface area contributed by atoms with Gasteiger partial charge >= 0.3 is 5.97 Å². The summed E-state index contributed by atoms with van der Waals surface area (Å²) in [5.41, 5.74) is 53.0. The molecule has 0 bridgehead atoms. The van der Waals surface area contributed by atoms with Gasteiger partial charge in [0.1, 0.15) is 6.04 Å². The Morgan fingerprint density at radius 2 is 0.411 bits per heavy atom. The molecule has 0 aliphatic carbocycles. The monoisotopic (exact) mass is 1040 g/mol. The lowest BCUT2D eigenvalue weighted by molar-refractivity contribution is -0.138. The SMILES string of the molecule is NCCCC[C@H](N)C(=O)NCCCC[C@H](N)C(=O)NCCCC[C@H](N)C(=O)NCCCC[C@H](N)C(=O)NCCCC[C@H](N)C(=O)NCCCC[C@H](N)C(=O)NCCCC[C@H](N)C(=O)NCCCC[C@H](N)C(=O)O. The van der Waals surface area contributed by atoms with Crippen molar-refractivity contribution in [2.24, 2.45) is 51.6 Å². The van der Waals surface area contributed by atoms with Crippen LogP contribution in [-0.2, 0) is 38.4 Å². The van der Waals surface area contributed by atoms with E-state index >= 15 is 0 Å². The van der Waals surface area contributed by atoms with Gasteiger partial charge in [-0.1, -0.05) is 6.42 Å². The number of carbonyl (C=O) groups excluding carboxylic acids is 7. The smallest absolute Gasteiger partial charge is 0.320 e. The van der Waals surface area contributed by atoms with Crippen molar-refractivity contribution >= 4 is 47.3 Å². The number of rotatable bonds is 47. The summed E-state index contributed by atoms with van der Waals surface area (Å²) in [6.45, 7) is 3.43. The molecule has 25 nitrogen and oxygen atoms in total. The molecule has 0 unspecified atom stereocenters. The summed E-state index contributed by atoms with van der Waals surface area (Å²) >= 11 is 0. The molecule has 0 fully saturated rings. The molecule has 0 aliphatic rings. The van der Waals surface area contributed by atoms with E-state index in [0.29, 0.717) is 194 Å². The number of hydrogen-bond acceptors (Lipinski definition) is 17. The van der Waals surface area contributed by atoms with Crippen molar-refractivity contribution in [3.05, 3.63) is 0 Å². The second-order valence-electron chi connectivity index (χ2n) is 19.0. The Bertz CT molecular complexity index is 1570. The van der Waals surface area contributed by atoms with Crippen LogP contribution in [0.4, 0.5) is 0 Å². The van der Waals surface area contributed by atoms with E-state index in [0.717, 1.165) is 12.8 Å².